The van der Waals surface area contributed by atoms with Crippen molar-refractivity contribution < 1.29 is 26.6 Å². The molecule has 162 valence electrons. The molecule has 0 bridgehead atoms. The number of non-ortho nitro benzene ring substituents is 1. The lowest BCUT2D eigenvalue weighted by molar-refractivity contribution is -0.385. The molecule has 2 rings (SSSR count). The number of carbonyl (C=O) groups is 1. The zero-order valence-corrected chi connectivity index (χ0v) is 18.3. The molecule has 1 N–H and O–H groups in total. The third kappa shape index (κ3) is 5.20. The summed E-state index contributed by atoms with van der Waals surface area (Å²) < 4.78 is 48.9. The van der Waals surface area contributed by atoms with Crippen LogP contribution in [0.15, 0.2) is 52.3 Å². The Bertz CT molecular complexity index is 1190. The Morgan fingerprint density at radius 2 is 1.60 bits per heavy atom. The molecule has 30 heavy (non-hydrogen) atoms. The lowest BCUT2D eigenvalue weighted by Gasteiger charge is -2.16. The van der Waals surface area contributed by atoms with Crippen LogP contribution in [0.3, 0.4) is 0 Å². The van der Waals surface area contributed by atoms with Gasteiger partial charge in [0.05, 0.1) is 20.8 Å². The molecular formula is C18H21N3O7S2. The first-order valence-corrected chi connectivity index (χ1v) is 11.9. The number of benzene rings is 2. The van der Waals surface area contributed by atoms with Gasteiger partial charge in [-0.25, -0.2) is 21.1 Å². The second kappa shape index (κ2) is 8.50. The van der Waals surface area contributed by atoms with E-state index in [1.54, 1.807) is 6.92 Å². The topological polar surface area (TPSA) is 144 Å². The molecule has 0 spiro atoms. The van der Waals surface area contributed by atoms with Gasteiger partial charge >= 0.3 is 0 Å². The van der Waals surface area contributed by atoms with Gasteiger partial charge in [0.15, 0.2) is 9.84 Å². The molecule has 12 heteroatoms. The zero-order chi connectivity index (χ0) is 22.9. The van der Waals surface area contributed by atoms with Gasteiger partial charge in [-0.2, -0.15) is 0 Å². The first-order valence-electron chi connectivity index (χ1n) is 8.56. The molecule has 2 aromatic rings. The second-order valence-corrected chi connectivity index (χ2v) is 11.0. The Morgan fingerprint density at radius 3 is 2.07 bits per heavy atom. The molecular weight excluding hydrogens is 434 g/mol. The van der Waals surface area contributed by atoms with Crippen LogP contribution in [-0.2, 0) is 19.9 Å². The number of nitrogens with zero attached hydrogens (tertiary/aromatic N) is 2. The number of amides is 1. The van der Waals surface area contributed by atoms with Gasteiger partial charge in [0.1, 0.15) is 0 Å². The summed E-state index contributed by atoms with van der Waals surface area (Å²) in [7, 11) is -4.53. The van der Waals surface area contributed by atoms with E-state index in [0.29, 0.717) is 5.56 Å². The maximum absolute atomic E-state index is 12.6. The van der Waals surface area contributed by atoms with Crippen LogP contribution in [0.25, 0.3) is 0 Å². The van der Waals surface area contributed by atoms with Crippen molar-refractivity contribution >= 4 is 31.5 Å². The third-order valence-corrected chi connectivity index (χ3v) is 7.22. The van der Waals surface area contributed by atoms with Crippen LogP contribution in [0, 0.1) is 10.1 Å². The molecule has 0 saturated carbocycles. The van der Waals surface area contributed by atoms with Gasteiger partial charge in [0.2, 0.25) is 10.0 Å². The summed E-state index contributed by atoms with van der Waals surface area (Å²) >= 11 is 0. The lowest BCUT2D eigenvalue weighted by Crippen LogP contribution is -2.27. The van der Waals surface area contributed by atoms with E-state index in [4.69, 9.17) is 0 Å². The zero-order valence-electron chi connectivity index (χ0n) is 16.7. The Kier molecular flexibility index (Phi) is 6.64. The highest BCUT2D eigenvalue weighted by Crippen LogP contribution is 2.22. The fourth-order valence-corrected chi connectivity index (χ4v) is 4.11. The van der Waals surface area contributed by atoms with Crippen LogP contribution in [0.4, 0.5) is 5.69 Å². The van der Waals surface area contributed by atoms with Crippen LogP contribution < -0.4 is 5.32 Å². The van der Waals surface area contributed by atoms with Crippen LogP contribution in [-0.4, -0.2) is 52.3 Å². The number of nitro groups is 1. The van der Waals surface area contributed by atoms with Crippen molar-refractivity contribution in [2.24, 2.45) is 0 Å². The van der Waals surface area contributed by atoms with Gasteiger partial charge in [0, 0.05) is 38.0 Å². The van der Waals surface area contributed by atoms with Crippen molar-refractivity contribution in [1.29, 1.82) is 0 Å². The second-order valence-electron chi connectivity index (χ2n) is 6.80. The maximum Gasteiger partial charge on any atom is 0.271 e. The smallest absolute Gasteiger partial charge is 0.271 e. The Balaban J connectivity index is 2.30. The Morgan fingerprint density at radius 1 is 1.03 bits per heavy atom. The third-order valence-electron chi connectivity index (χ3n) is 4.30. The summed E-state index contributed by atoms with van der Waals surface area (Å²) in [6, 6.07) is 8.26. The van der Waals surface area contributed by atoms with E-state index in [1.165, 1.54) is 38.4 Å². The van der Waals surface area contributed by atoms with E-state index in [9.17, 15) is 31.7 Å². The van der Waals surface area contributed by atoms with Gasteiger partial charge < -0.3 is 5.32 Å². The summed E-state index contributed by atoms with van der Waals surface area (Å²) in [5.41, 5.74) is -0.105. The number of rotatable bonds is 7. The van der Waals surface area contributed by atoms with Crippen molar-refractivity contribution in [3.63, 3.8) is 0 Å². The van der Waals surface area contributed by atoms with E-state index >= 15 is 0 Å². The van der Waals surface area contributed by atoms with Crippen LogP contribution in [0.1, 0.15) is 28.9 Å². The monoisotopic (exact) mass is 455 g/mol. The van der Waals surface area contributed by atoms with Crippen LogP contribution in [0.5, 0.6) is 0 Å². The molecule has 10 nitrogen and oxygen atoms in total. The highest BCUT2D eigenvalue weighted by atomic mass is 32.2. The number of sulfonamides is 1. The fourth-order valence-electron chi connectivity index (χ4n) is 2.54. The first kappa shape index (κ1) is 23.4. The molecule has 2 aromatic carbocycles. The summed E-state index contributed by atoms with van der Waals surface area (Å²) in [5, 5.41) is 13.7. The van der Waals surface area contributed by atoms with Crippen LogP contribution in [0.2, 0.25) is 0 Å². The van der Waals surface area contributed by atoms with Crippen molar-refractivity contribution in [2.75, 3.05) is 20.4 Å². The van der Waals surface area contributed by atoms with E-state index < -0.39 is 42.4 Å². The predicted molar refractivity (Wildman–Crippen MR) is 109 cm³/mol. The Hall–Kier alpha value is -2.83. The standard InChI is InChI=1S/C18H21N3O7S2/c1-12(13-5-7-16(8-6-13)30(27,28)20(2)3)19-18(22)14-9-15(21(23)24)11-17(10-14)29(4,25)26/h5-12H,1-4H3,(H,19,22). The highest BCUT2D eigenvalue weighted by molar-refractivity contribution is 7.90. The minimum absolute atomic E-state index is 0.0891. The van der Waals surface area contributed by atoms with Gasteiger partial charge in [-0.1, -0.05) is 12.1 Å². The normalized spacial score (nSPS) is 13.1. The van der Waals surface area contributed by atoms with Gasteiger partial charge in [-0.15, -0.1) is 0 Å². The average molecular weight is 456 g/mol. The number of sulfone groups is 1. The number of carbonyl (C=O) groups excluding carboxylic acids is 1. The van der Waals surface area contributed by atoms with E-state index in [0.717, 1.165) is 28.8 Å². The number of nitro benzene ring substituents is 1. The molecule has 0 aromatic heterocycles. The minimum Gasteiger partial charge on any atom is -0.346 e. The number of hydrogen-bond acceptors (Lipinski definition) is 7. The maximum atomic E-state index is 12.6. The molecule has 0 saturated heterocycles. The molecule has 0 heterocycles. The Labute approximate surface area is 174 Å². The van der Waals surface area contributed by atoms with Crippen LogP contribution >= 0.6 is 0 Å². The van der Waals surface area contributed by atoms with Crippen molar-refractivity contribution in [2.45, 2.75) is 22.8 Å². The largest absolute Gasteiger partial charge is 0.346 e. The molecule has 0 radical (unpaired) electrons. The fraction of sp³-hybridized carbons (Fsp3) is 0.278. The molecule has 1 unspecified atom stereocenters. The van der Waals surface area contributed by atoms with Gasteiger partial charge in [0.25, 0.3) is 11.6 Å². The summed E-state index contributed by atoms with van der Waals surface area (Å²) in [6.07, 6.45) is 0.889. The van der Waals surface area contributed by atoms with Crippen molar-refractivity contribution in [3.05, 3.63) is 63.7 Å². The van der Waals surface area contributed by atoms with E-state index in [2.05, 4.69) is 5.32 Å². The van der Waals surface area contributed by atoms with E-state index in [1.807, 2.05) is 0 Å². The first-order chi connectivity index (χ1) is 13.7. The van der Waals surface area contributed by atoms with Gasteiger partial charge in [-0.05, 0) is 30.7 Å². The minimum atomic E-state index is -3.77. The molecule has 1 amide bonds. The summed E-state index contributed by atoms with van der Waals surface area (Å²) in [5.74, 6) is -0.707. The number of nitrogens with one attached hydrogen (secondary N) is 1. The quantitative estimate of drug-likeness (QED) is 0.494. The number of hydrogen-bond donors (Lipinski definition) is 1. The predicted octanol–water partition coefficient (Wildman–Crippen LogP) is 1.74. The SMILES string of the molecule is CC(NC(=O)c1cc([N+](=O)[O-])cc(S(C)(=O)=O)c1)c1ccc(S(=O)(=O)N(C)C)cc1. The molecule has 0 aliphatic rings. The highest BCUT2D eigenvalue weighted by Gasteiger charge is 2.21. The average Bonchev–Trinajstić information content (AvgIpc) is 2.66. The van der Waals surface area contributed by atoms with Crippen molar-refractivity contribution in [1.82, 2.24) is 9.62 Å². The van der Waals surface area contributed by atoms with Crippen molar-refractivity contribution in [3.8, 4) is 0 Å². The summed E-state index contributed by atoms with van der Waals surface area (Å²) in [4.78, 5) is 22.6. The van der Waals surface area contributed by atoms with Gasteiger partial charge in [-0.3, -0.25) is 14.9 Å². The lowest BCUT2D eigenvalue weighted by atomic mass is 10.1. The molecule has 1 atom stereocenters. The molecule has 0 aliphatic heterocycles. The summed E-state index contributed by atoms with van der Waals surface area (Å²) in [6.45, 7) is 1.64. The molecule has 0 fully saturated rings. The molecule has 0 aliphatic carbocycles. The van der Waals surface area contributed by atoms with E-state index in [-0.39, 0.29) is 15.4 Å².